The molecule has 0 spiro atoms. The van der Waals surface area contributed by atoms with Crippen molar-refractivity contribution in [1.82, 2.24) is 0 Å². The smallest absolute Gasteiger partial charge is 0.231 e. The molecule has 2 aliphatic rings. The van der Waals surface area contributed by atoms with Crippen molar-refractivity contribution in [3.05, 3.63) is 30.4 Å². The fraction of sp³-hybridized carbons (Fsp3) is 0.500. The van der Waals surface area contributed by atoms with Gasteiger partial charge in [-0.3, -0.25) is 0 Å². The Bertz CT molecular complexity index is 564. The van der Waals surface area contributed by atoms with Crippen LogP contribution in [-0.4, -0.2) is 24.6 Å². The van der Waals surface area contributed by atoms with E-state index in [1.807, 2.05) is 25.1 Å². The van der Waals surface area contributed by atoms with Crippen molar-refractivity contribution < 1.29 is 19.3 Å². The minimum absolute atomic E-state index is 0.0260. The summed E-state index contributed by atoms with van der Waals surface area (Å²) < 4.78 is 17.2. The predicted octanol–water partition coefficient (Wildman–Crippen LogP) is 2.64. The van der Waals surface area contributed by atoms with Gasteiger partial charge in [0.25, 0.3) is 0 Å². The summed E-state index contributed by atoms with van der Waals surface area (Å²) in [6.45, 7) is 10.2. The van der Waals surface area contributed by atoms with Crippen LogP contribution in [0.1, 0.15) is 26.3 Å². The molecule has 3 rings (SSSR count). The van der Waals surface area contributed by atoms with Crippen molar-refractivity contribution in [3.63, 3.8) is 0 Å². The maximum atomic E-state index is 10.0. The van der Waals surface area contributed by atoms with Gasteiger partial charge in [-0.05, 0) is 19.1 Å². The van der Waals surface area contributed by atoms with Crippen molar-refractivity contribution in [3.8, 4) is 17.2 Å². The van der Waals surface area contributed by atoms with E-state index in [1.54, 1.807) is 0 Å². The molecule has 2 aliphatic heterocycles. The number of aliphatic hydroxyl groups is 1. The van der Waals surface area contributed by atoms with Crippen LogP contribution in [0.4, 0.5) is 0 Å². The second-order valence-electron chi connectivity index (χ2n) is 6.27. The highest BCUT2D eigenvalue weighted by molar-refractivity contribution is 5.61. The number of fused-ring (bicyclic) bond motifs is 3. The predicted molar refractivity (Wildman–Crippen MR) is 75.4 cm³/mol. The molecule has 0 fully saturated rings. The van der Waals surface area contributed by atoms with Crippen LogP contribution in [-0.2, 0) is 5.41 Å². The molecule has 1 aromatic rings. The Kier molecular flexibility index (Phi) is 2.77. The molecule has 2 heterocycles. The van der Waals surface area contributed by atoms with E-state index < -0.39 is 5.41 Å². The first-order chi connectivity index (χ1) is 9.44. The summed E-state index contributed by atoms with van der Waals surface area (Å²) >= 11 is 0. The average Bonchev–Trinajstić information content (AvgIpc) is 3.01. The van der Waals surface area contributed by atoms with Gasteiger partial charge in [0, 0.05) is 5.41 Å². The van der Waals surface area contributed by atoms with E-state index in [4.69, 9.17) is 14.2 Å². The Labute approximate surface area is 119 Å². The molecule has 4 nitrogen and oxygen atoms in total. The zero-order chi connectivity index (χ0) is 14.5. The standard InChI is InChI=1S/C16H20O4/c1-5-15(2,3)14-16(4,8-17)12-10(20-14)6-7-11-13(12)19-9-18-11/h5-7,14,17H,1,8-9H2,2-4H3/t14-,16-/m0/s1. The molecule has 20 heavy (non-hydrogen) atoms. The van der Waals surface area contributed by atoms with Crippen LogP contribution < -0.4 is 14.2 Å². The molecular weight excluding hydrogens is 256 g/mol. The lowest BCUT2D eigenvalue weighted by Gasteiger charge is -2.38. The van der Waals surface area contributed by atoms with Crippen LogP contribution in [0.25, 0.3) is 0 Å². The summed E-state index contributed by atoms with van der Waals surface area (Å²) in [5.41, 5.74) is 0.0736. The van der Waals surface area contributed by atoms with Crippen LogP contribution in [0, 0.1) is 5.41 Å². The molecule has 0 saturated carbocycles. The Morgan fingerprint density at radius 2 is 2.10 bits per heavy atom. The number of aliphatic hydroxyl groups excluding tert-OH is 1. The number of benzene rings is 1. The third-order valence-electron chi connectivity index (χ3n) is 4.43. The highest BCUT2D eigenvalue weighted by Gasteiger charge is 2.53. The third kappa shape index (κ3) is 1.57. The summed E-state index contributed by atoms with van der Waals surface area (Å²) in [6, 6.07) is 3.73. The quantitative estimate of drug-likeness (QED) is 0.862. The Morgan fingerprint density at radius 1 is 1.40 bits per heavy atom. The van der Waals surface area contributed by atoms with Gasteiger partial charge in [0.1, 0.15) is 11.9 Å². The molecule has 4 heteroatoms. The van der Waals surface area contributed by atoms with Crippen molar-refractivity contribution in [2.75, 3.05) is 13.4 Å². The molecule has 0 saturated heterocycles. The zero-order valence-electron chi connectivity index (χ0n) is 12.1. The van der Waals surface area contributed by atoms with Crippen LogP contribution >= 0.6 is 0 Å². The molecule has 0 amide bonds. The highest BCUT2D eigenvalue weighted by Crippen LogP contribution is 2.55. The van der Waals surface area contributed by atoms with E-state index in [1.165, 1.54) is 0 Å². The molecule has 2 atom stereocenters. The first kappa shape index (κ1) is 13.3. The molecular formula is C16H20O4. The number of hydrogen-bond acceptors (Lipinski definition) is 4. The van der Waals surface area contributed by atoms with Gasteiger partial charge in [0.2, 0.25) is 6.79 Å². The topological polar surface area (TPSA) is 47.9 Å². The minimum Gasteiger partial charge on any atom is -0.488 e. The minimum atomic E-state index is -0.550. The lowest BCUT2D eigenvalue weighted by Crippen LogP contribution is -2.47. The normalized spacial score (nSPS) is 27.1. The summed E-state index contributed by atoms with van der Waals surface area (Å²) in [5.74, 6) is 2.16. The van der Waals surface area contributed by atoms with Crippen LogP contribution in [0.3, 0.4) is 0 Å². The second kappa shape index (κ2) is 4.16. The maximum Gasteiger partial charge on any atom is 0.231 e. The highest BCUT2D eigenvalue weighted by atomic mass is 16.7. The maximum absolute atomic E-state index is 10.0. The van der Waals surface area contributed by atoms with Gasteiger partial charge >= 0.3 is 0 Å². The number of ether oxygens (including phenoxy) is 3. The number of rotatable bonds is 3. The Balaban J connectivity index is 2.17. The average molecular weight is 276 g/mol. The van der Waals surface area contributed by atoms with Crippen molar-refractivity contribution in [2.24, 2.45) is 5.41 Å². The molecule has 0 aliphatic carbocycles. The molecule has 108 valence electrons. The van der Waals surface area contributed by atoms with Crippen molar-refractivity contribution in [1.29, 1.82) is 0 Å². The van der Waals surface area contributed by atoms with E-state index in [9.17, 15) is 5.11 Å². The largest absolute Gasteiger partial charge is 0.488 e. The summed E-state index contributed by atoms with van der Waals surface area (Å²) in [7, 11) is 0. The monoisotopic (exact) mass is 276 g/mol. The lowest BCUT2D eigenvalue weighted by atomic mass is 9.69. The Morgan fingerprint density at radius 3 is 2.75 bits per heavy atom. The van der Waals surface area contributed by atoms with E-state index >= 15 is 0 Å². The van der Waals surface area contributed by atoms with E-state index in [0.29, 0.717) is 11.5 Å². The third-order valence-corrected chi connectivity index (χ3v) is 4.43. The number of hydrogen-bond donors (Lipinski definition) is 1. The molecule has 1 aromatic carbocycles. The van der Waals surface area contributed by atoms with E-state index in [0.717, 1.165) is 11.3 Å². The zero-order valence-corrected chi connectivity index (χ0v) is 12.1. The molecule has 0 bridgehead atoms. The SMILES string of the molecule is C=CC(C)(C)[C@@H]1Oc2ccc3c(c2[C@]1(C)CO)OCO3. The van der Waals surface area contributed by atoms with Gasteiger partial charge in [-0.1, -0.05) is 19.9 Å². The van der Waals surface area contributed by atoms with E-state index in [2.05, 4.69) is 20.4 Å². The summed E-state index contributed by atoms with van der Waals surface area (Å²) in [5, 5.41) is 10.0. The fourth-order valence-electron chi connectivity index (χ4n) is 3.22. The van der Waals surface area contributed by atoms with Crippen LogP contribution in [0.15, 0.2) is 24.8 Å². The van der Waals surface area contributed by atoms with Crippen molar-refractivity contribution in [2.45, 2.75) is 32.3 Å². The molecule has 1 N–H and O–H groups in total. The van der Waals surface area contributed by atoms with Gasteiger partial charge in [-0.15, -0.1) is 6.58 Å². The van der Waals surface area contributed by atoms with Gasteiger partial charge in [-0.25, -0.2) is 0 Å². The van der Waals surface area contributed by atoms with Gasteiger partial charge in [0.15, 0.2) is 11.5 Å². The van der Waals surface area contributed by atoms with Gasteiger partial charge in [-0.2, -0.15) is 0 Å². The summed E-state index contributed by atoms with van der Waals surface area (Å²) in [6.07, 6.45) is 1.66. The van der Waals surface area contributed by atoms with E-state index in [-0.39, 0.29) is 24.9 Å². The first-order valence-corrected chi connectivity index (χ1v) is 6.78. The van der Waals surface area contributed by atoms with Crippen LogP contribution in [0.5, 0.6) is 17.2 Å². The molecule has 0 aromatic heterocycles. The summed E-state index contributed by atoms with van der Waals surface area (Å²) in [4.78, 5) is 0. The molecule has 0 unspecified atom stereocenters. The fourth-order valence-corrected chi connectivity index (χ4v) is 3.22. The second-order valence-corrected chi connectivity index (χ2v) is 6.27. The molecule has 0 radical (unpaired) electrons. The Hall–Kier alpha value is -1.68. The van der Waals surface area contributed by atoms with Gasteiger partial charge in [0.05, 0.1) is 17.6 Å². The first-order valence-electron chi connectivity index (χ1n) is 6.78. The van der Waals surface area contributed by atoms with Crippen molar-refractivity contribution >= 4 is 0 Å². The van der Waals surface area contributed by atoms with Crippen LogP contribution in [0.2, 0.25) is 0 Å². The lowest BCUT2D eigenvalue weighted by molar-refractivity contribution is 0.0350. The van der Waals surface area contributed by atoms with Gasteiger partial charge < -0.3 is 19.3 Å².